The van der Waals surface area contributed by atoms with Crippen LogP contribution in [0.1, 0.15) is 5.56 Å². The Morgan fingerprint density at radius 3 is 2.68 bits per heavy atom. The van der Waals surface area contributed by atoms with Crippen LogP contribution in [0.3, 0.4) is 0 Å². The van der Waals surface area contributed by atoms with E-state index >= 15 is 0 Å². The van der Waals surface area contributed by atoms with Crippen LogP contribution in [0.4, 0.5) is 5.69 Å². The van der Waals surface area contributed by atoms with Crippen LogP contribution in [0.5, 0.6) is 0 Å². The first-order valence-electron chi connectivity index (χ1n) is 6.75. The number of anilines is 1. The van der Waals surface area contributed by atoms with Crippen molar-refractivity contribution in [2.24, 2.45) is 0 Å². The lowest BCUT2D eigenvalue weighted by atomic mass is 10.2. The van der Waals surface area contributed by atoms with Crippen LogP contribution in [0.15, 0.2) is 24.3 Å². The van der Waals surface area contributed by atoms with Crippen LogP contribution in [-0.4, -0.2) is 58.3 Å². The van der Waals surface area contributed by atoms with Crippen molar-refractivity contribution in [1.29, 1.82) is 5.26 Å². The summed E-state index contributed by atoms with van der Waals surface area (Å²) >= 11 is 0. The predicted octanol–water partition coefficient (Wildman–Crippen LogP) is 0.183. The number of sulfonamides is 1. The van der Waals surface area contributed by atoms with Crippen molar-refractivity contribution in [3.05, 3.63) is 29.8 Å². The Hall–Kier alpha value is -2.11. The van der Waals surface area contributed by atoms with E-state index in [1.54, 1.807) is 23.1 Å². The van der Waals surface area contributed by atoms with Gasteiger partial charge in [0.2, 0.25) is 15.9 Å². The minimum atomic E-state index is -3.63. The van der Waals surface area contributed by atoms with Crippen molar-refractivity contribution in [3.63, 3.8) is 0 Å². The Morgan fingerprint density at radius 2 is 2.09 bits per heavy atom. The van der Waals surface area contributed by atoms with Gasteiger partial charge in [-0.25, -0.2) is 8.42 Å². The highest BCUT2D eigenvalue weighted by Gasteiger charge is 2.25. The lowest BCUT2D eigenvalue weighted by molar-refractivity contribution is -0.133. The number of ether oxygens (including phenoxy) is 1. The van der Waals surface area contributed by atoms with E-state index in [0.717, 1.165) is 10.6 Å². The van der Waals surface area contributed by atoms with Crippen LogP contribution in [0.25, 0.3) is 0 Å². The summed E-state index contributed by atoms with van der Waals surface area (Å²) in [6, 6.07) is 8.14. The van der Waals surface area contributed by atoms with E-state index in [2.05, 4.69) is 0 Å². The third-order valence-corrected chi connectivity index (χ3v) is 4.45. The lowest BCUT2D eigenvalue weighted by Gasteiger charge is -2.30. The normalized spacial score (nSPS) is 15.2. The first kappa shape index (κ1) is 16.3. The molecule has 0 N–H and O–H groups in total. The monoisotopic (exact) mass is 323 g/mol. The Kier molecular flexibility index (Phi) is 5.00. The van der Waals surface area contributed by atoms with Gasteiger partial charge in [-0.05, 0) is 18.2 Å². The molecule has 0 saturated carbocycles. The lowest BCUT2D eigenvalue weighted by Crippen LogP contribution is -2.47. The fourth-order valence-electron chi connectivity index (χ4n) is 2.17. The van der Waals surface area contributed by atoms with Gasteiger partial charge in [-0.1, -0.05) is 6.07 Å². The van der Waals surface area contributed by atoms with Gasteiger partial charge >= 0.3 is 0 Å². The fourth-order valence-corrected chi connectivity index (χ4v) is 3.01. The van der Waals surface area contributed by atoms with E-state index in [1.165, 1.54) is 6.07 Å². The summed E-state index contributed by atoms with van der Waals surface area (Å²) in [5.74, 6) is -0.281. The highest BCUT2D eigenvalue weighted by molar-refractivity contribution is 7.92. The molecular weight excluding hydrogens is 306 g/mol. The van der Waals surface area contributed by atoms with Gasteiger partial charge in [-0.3, -0.25) is 9.10 Å². The summed E-state index contributed by atoms with van der Waals surface area (Å²) in [5, 5.41) is 8.93. The maximum atomic E-state index is 12.3. The zero-order chi connectivity index (χ0) is 16.2. The summed E-state index contributed by atoms with van der Waals surface area (Å²) in [4.78, 5) is 13.9. The van der Waals surface area contributed by atoms with Crippen molar-refractivity contribution >= 4 is 21.6 Å². The van der Waals surface area contributed by atoms with Crippen molar-refractivity contribution in [1.82, 2.24) is 4.90 Å². The molecule has 1 aliphatic heterocycles. The topological polar surface area (TPSA) is 90.7 Å². The van der Waals surface area contributed by atoms with Gasteiger partial charge in [0.15, 0.2) is 0 Å². The van der Waals surface area contributed by atoms with E-state index in [4.69, 9.17) is 10.00 Å². The number of amides is 1. The third kappa shape index (κ3) is 3.96. The Bertz CT molecular complexity index is 690. The average Bonchev–Trinajstić information content (AvgIpc) is 2.52. The van der Waals surface area contributed by atoms with Crippen molar-refractivity contribution in [3.8, 4) is 6.07 Å². The molecular formula is C14H17N3O4S. The highest BCUT2D eigenvalue weighted by Crippen LogP contribution is 2.19. The Labute approximate surface area is 129 Å². The predicted molar refractivity (Wildman–Crippen MR) is 80.7 cm³/mol. The van der Waals surface area contributed by atoms with Gasteiger partial charge in [0, 0.05) is 13.1 Å². The van der Waals surface area contributed by atoms with E-state index in [9.17, 15) is 13.2 Å². The quantitative estimate of drug-likeness (QED) is 0.788. The van der Waals surface area contributed by atoms with Crippen molar-refractivity contribution in [2.75, 3.05) is 43.4 Å². The molecule has 118 valence electrons. The summed E-state index contributed by atoms with van der Waals surface area (Å²) in [5.41, 5.74) is 0.646. The van der Waals surface area contributed by atoms with Gasteiger partial charge < -0.3 is 9.64 Å². The molecule has 0 bridgehead atoms. The second kappa shape index (κ2) is 6.77. The molecule has 0 radical (unpaired) electrons. The first-order valence-corrected chi connectivity index (χ1v) is 8.60. The largest absolute Gasteiger partial charge is 0.378 e. The SMILES string of the molecule is CS(=O)(=O)N(CC(=O)N1CCOCC1)c1cccc(C#N)c1. The molecule has 0 atom stereocenters. The molecule has 1 saturated heterocycles. The average molecular weight is 323 g/mol. The van der Waals surface area contributed by atoms with E-state index < -0.39 is 10.0 Å². The molecule has 1 aromatic rings. The number of benzene rings is 1. The van der Waals surface area contributed by atoms with Gasteiger partial charge in [0.05, 0.1) is 36.8 Å². The fraction of sp³-hybridized carbons (Fsp3) is 0.429. The summed E-state index contributed by atoms with van der Waals surface area (Å²) in [6.45, 7) is 1.53. The van der Waals surface area contributed by atoms with Crippen LogP contribution < -0.4 is 4.31 Å². The molecule has 2 rings (SSSR count). The zero-order valence-corrected chi connectivity index (χ0v) is 13.0. The molecule has 0 aromatic heterocycles. The molecule has 1 aliphatic rings. The van der Waals surface area contributed by atoms with Crippen molar-refractivity contribution < 1.29 is 17.9 Å². The van der Waals surface area contributed by atoms with Crippen LogP contribution in [0, 0.1) is 11.3 Å². The number of carbonyl (C=O) groups excluding carboxylic acids is 1. The zero-order valence-electron chi connectivity index (χ0n) is 12.2. The van der Waals surface area contributed by atoms with E-state index in [1.807, 2.05) is 6.07 Å². The number of nitrogens with zero attached hydrogens (tertiary/aromatic N) is 3. The maximum absolute atomic E-state index is 12.3. The number of nitriles is 1. The minimum absolute atomic E-state index is 0.281. The smallest absolute Gasteiger partial charge is 0.243 e. The number of morpholine rings is 1. The van der Waals surface area contributed by atoms with E-state index in [-0.39, 0.29) is 12.5 Å². The highest BCUT2D eigenvalue weighted by atomic mass is 32.2. The second-order valence-electron chi connectivity index (χ2n) is 4.92. The standard InChI is InChI=1S/C14H17N3O4S/c1-22(19,20)17(13-4-2-3-12(9-13)10-15)11-14(18)16-5-7-21-8-6-16/h2-4,9H,5-8,11H2,1H3. The summed E-state index contributed by atoms with van der Waals surface area (Å²) in [6.07, 6.45) is 1.04. The molecule has 1 aromatic carbocycles. The Morgan fingerprint density at radius 1 is 1.41 bits per heavy atom. The number of hydrogen-bond donors (Lipinski definition) is 0. The minimum Gasteiger partial charge on any atom is -0.378 e. The van der Waals surface area contributed by atoms with E-state index in [0.29, 0.717) is 37.6 Å². The summed E-state index contributed by atoms with van der Waals surface area (Å²) in [7, 11) is -3.63. The number of rotatable bonds is 4. The third-order valence-electron chi connectivity index (χ3n) is 3.31. The molecule has 1 heterocycles. The molecule has 1 fully saturated rings. The second-order valence-corrected chi connectivity index (χ2v) is 6.83. The molecule has 0 spiro atoms. The molecule has 1 amide bonds. The number of carbonyl (C=O) groups is 1. The molecule has 7 nitrogen and oxygen atoms in total. The molecule has 22 heavy (non-hydrogen) atoms. The summed E-state index contributed by atoms with van der Waals surface area (Å²) < 4.78 is 30.2. The first-order chi connectivity index (χ1) is 10.4. The van der Waals surface area contributed by atoms with Gasteiger partial charge in [0.1, 0.15) is 6.54 Å². The maximum Gasteiger partial charge on any atom is 0.243 e. The number of hydrogen-bond acceptors (Lipinski definition) is 5. The van der Waals surface area contributed by atoms with Gasteiger partial charge in [-0.15, -0.1) is 0 Å². The van der Waals surface area contributed by atoms with Crippen molar-refractivity contribution in [2.45, 2.75) is 0 Å². The molecule has 0 unspecified atom stereocenters. The Balaban J connectivity index is 2.23. The van der Waals surface area contributed by atoms with Crippen LogP contribution in [0.2, 0.25) is 0 Å². The van der Waals surface area contributed by atoms with Crippen LogP contribution in [-0.2, 0) is 19.6 Å². The molecule has 0 aliphatic carbocycles. The van der Waals surface area contributed by atoms with Gasteiger partial charge in [-0.2, -0.15) is 5.26 Å². The van der Waals surface area contributed by atoms with Crippen LogP contribution >= 0.6 is 0 Å². The molecule has 8 heteroatoms. The van der Waals surface area contributed by atoms with Gasteiger partial charge in [0.25, 0.3) is 0 Å².